The number of amides is 1. The van der Waals surface area contributed by atoms with E-state index in [4.69, 9.17) is 0 Å². The van der Waals surface area contributed by atoms with Gasteiger partial charge < -0.3 is 15.0 Å². The molecule has 0 fully saturated rings. The van der Waals surface area contributed by atoms with E-state index in [9.17, 15) is 14.3 Å². The highest BCUT2D eigenvalue weighted by molar-refractivity contribution is 9.10. The summed E-state index contributed by atoms with van der Waals surface area (Å²) < 4.78 is 16.1. The monoisotopic (exact) mass is 404 g/mol. The van der Waals surface area contributed by atoms with Crippen LogP contribution in [0.4, 0.5) is 4.39 Å². The fraction of sp³-hybridized carbons (Fsp3) is 0.211. The van der Waals surface area contributed by atoms with Gasteiger partial charge in [0.15, 0.2) is 0 Å². The molecule has 0 aliphatic rings. The van der Waals surface area contributed by atoms with E-state index >= 15 is 0 Å². The first-order valence-electron chi connectivity index (χ1n) is 7.91. The number of aliphatic hydroxyl groups is 1. The van der Waals surface area contributed by atoms with E-state index in [1.807, 2.05) is 35.8 Å². The second-order valence-electron chi connectivity index (χ2n) is 5.88. The second kappa shape index (κ2) is 7.37. The van der Waals surface area contributed by atoms with Gasteiger partial charge in [-0.05, 0) is 46.6 Å². The van der Waals surface area contributed by atoms with Crippen LogP contribution in [0.25, 0.3) is 10.9 Å². The highest BCUT2D eigenvalue weighted by atomic mass is 79.9. The van der Waals surface area contributed by atoms with Crippen molar-refractivity contribution >= 4 is 32.7 Å². The summed E-state index contributed by atoms with van der Waals surface area (Å²) in [5, 5.41) is 13.8. The average molecular weight is 405 g/mol. The van der Waals surface area contributed by atoms with Gasteiger partial charge in [-0.3, -0.25) is 4.79 Å². The number of aromatic nitrogens is 1. The van der Waals surface area contributed by atoms with Crippen LogP contribution >= 0.6 is 15.9 Å². The molecule has 3 aromatic rings. The van der Waals surface area contributed by atoms with Gasteiger partial charge in [0.25, 0.3) is 0 Å². The van der Waals surface area contributed by atoms with Crippen molar-refractivity contribution in [2.45, 2.75) is 19.6 Å². The normalized spacial score (nSPS) is 12.3. The van der Waals surface area contributed by atoms with Gasteiger partial charge in [0.05, 0.1) is 6.10 Å². The van der Waals surface area contributed by atoms with Gasteiger partial charge >= 0.3 is 0 Å². The first-order valence-corrected chi connectivity index (χ1v) is 8.70. The number of fused-ring (bicyclic) bond motifs is 1. The van der Waals surface area contributed by atoms with Gasteiger partial charge in [0, 0.05) is 27.6 Å². The fourth-order valence-electron chi connectivity index (χ4n) is 2.83. The van der Waals surface area contributed by atoms with E-state index < -0.39 is 11.9 Å². The Labute approximate surface area is 153 Å². The van der Waals surface area contributed by atoms with Crippen LogP contribution < -0.4 is 5.32 Å². The maximum absolute atomic E-state index is 13.2. The number of rotatable bonds is 5. The van der Waals surface area contributed by atoms with Crippen molar-refractivity contribution in [3.8, 4) is 0 Å². The third-order valence-corrected chi connectivity index (χ3v) is 5.18. The summed E-state index contributed by atoms with van der Waals surface area (Å²) >= 11 is 3.56. The maximum atomic E-state index is 13.2. The number of benzene rings is 2. The van der Waals surface area contributed by atoms with Crippen LogP contribution in [0.2, 0.25) is 0 Å². The van der Waals surface area contributed by atoms with E-state index in [-0.39, 0.29) is 19.0 Å². The lowest BCUT2D eigenvalue weighted by Crippen LogP contribution is -2.31. The first kappa shape index (κ1) is 17.6. The molecule has 0 radical (unpaired) electrons. The molecule has 6 heteroatoms. The molecule has 2 aromatic carbocycles. The molecule has 1 atom stereocenters. The van der Waals surface area contributed by atoms with Crippen molar-refractivity contribution in [3.05, 3.63) is 70.1 Å². The average Bonchev–Trinajstić information content (AvgIpc) is 2.85. The summed E-state index contributed by atoms with van der Waals surface area (Å²) in [6.07, 6.45) is -0.950. The third kappa shape index (κ3) is 3.75. The van der Waals surface area contributed by atoms with Crippen molar-refractivity contribution in [2.24, 2.45) is 0 Å². The minimum atomic E-state index is -0.950. The van der Waals surface area contributed by atoms with Crippen molar-refractivity contribution in [3.63, 3.8) is 0 Å². The van der Waals surface area contributed by atoms with Crippen LogP contribution in [0, 0.1) is 12.7 Å². The Hall–Kier alpha value is -2.18. The summed E-state index contributed by atoms with van der Waals surface area (Å²) in [5.41, 5.74) is 2.36. The van der Waals surface area contributed by atoms with E-state index in [0.29, 0.717) is 5.56 Å². The number of nitrogens with zero attached hydrogens (tertiary/aromatic N) is 1. The van der Waals surface area contributed by atoms with Gasteiger partial charge in [-0.1, -0.05) is 30.3 Å². The fourth-order valence-corrected chi connectivity index (χ4v) is 3.38. The zero-order valence-electron chi connectivity index (χ0n) is 13.7. The van der Waals surface area contributed by atoms with Gasteiger partial charge in [0.2, 0.25) is 5.91 Å². The number of hydrogen-bond acceptors (Lipinski definition) is 2. The summed E-state index contributed by atoms with van der Waals surface area (Å²) in [5.74, 6) is -0.631. The summed E-state index contributed by atoms with van der Waals surface area (Å²) in [7, 11) is 0. The largest absolute Gasteiger partial charge is 0.387 e. The topological polar surface area (TPSA) is 54.3 Å². The smallest absolute Gasteiger partial charge is 0.240 e. The third-order valence-electron chi connectivity index (χ3n) is 4.18. The minimum Gasteiger partial charge on any atom is -0.387 e. The second-order valence-corrected chi connectivity index (χ2v) is 6.67. The Bertz CT molecular complexity index is 923. The molecule has 1 heterocycles. The molecule has 4 nitrogen and oxygen atoms in total. The van der Waals surface area contributed by atoms with Crippen LogP contribution in [0.1, 0.15) is 17.4 Å². The van der Waals surface area contributed by atoms with Gasteiger partial charge in [-0.2, -0.15) is 0 Å². The van der Waals surface area contributed by atoms with E-state index in [1.165, 1.54) is 18.2 Å². The molecule has 1 unspecified atom stereocenters. The molecule has 2 N–H and O–H groups in total. The molecule has 0 saturated carbocycles. The van der Waals surface area contributed by atoms with E-state index in [2.05, 4.69) is 21.2 Å². The standard InChI is InChI=1S/C19H18BrFN2O2/c1-12-19(20)15-7-2-3-8-16(15)23(12)11-18(25)22-10-17(24)13-5-4-6-14(21)9-13/h2-9,17,24H,10-11H2,1H3,(H,22,25). The van der Waals surface area contributed by atoms with Crippen molar-refractivity contribution < 1.29 is 14.3 Å². The van der Waals surface area contributed by atoms with Crippen LogP contribution in [0.5, 0.6) is 0 Å². The Morgan fingerprint density at radius 1 is 1.28 bits per heavy atom. The zero-order chi connectivity index (χ0) is 18.0. The number of carbonyl (C=O) groups is 1. The predicted molar refractivity (Wildman–Crippen MR) is 98.7 cm³/mol. The number of halogens is 2. The van der Waals surface area contributed by atoms with Gasteiger partial charge in [-0.15, -0.1) is 0 Å². The number of carbonyl (C=O) groups excluding carboxylic acids is 1. The zero-order valence-corrected chi connectivity index (χ0v) is 15.3. The molecule has 0 aliphatic carbocycles. The molecule has 130 valence electrons. The molecule has 0 saturated heterocycles. The molecule has 0 aliphatic heterocycles. The number of aliphatic hydroxyl groups excluding tert-OH is 1. The SMILES string of the molecule is Cc1c(Br)c2ccccc2n1CC(=O)NCC(O)c1cccc(F)c1. The Morgan fingerprint density at radius 2 is 2.04 bits per heavy atom. The molecule has 25 heavy (non-hydrogen) atoms. The van der Waals surface area contributed by atoms with Crippen molar-refractivity contribution in [1.82, 2.24) is 9.88 Å². The molecule has 0 bridgehead atoms. The quantitative estimate of drug-likeness (QED) is 0.680. The van der Waals surface area contributed by atoms with E-state index in [1.54, 1.807) is 6.07 Å². The number of nitrogens with one attached hydrogen (secondary N) is 1. The lowest BCUT2D eigenvalue weighted by Gasteiger charge is -2.13. The molecule has 3 rings (SSSR count). The lowest BCUT2D eigenvalue weighted by molar-refractivity contribution is -0.122. The highest BCUT2D eigenvalue weighted by Crippen LogP contribution is 2.30. The highest BCUT2D eigenvalue weighted by Gasteiger charge is 2.15. The summed E-state index contributed by atoms with van der Waals surface area (Å²) in [6.45, 7) is 2.12. The van der Waals surface area contributed by atoms with Crippen molar-refractivity contribution in [2.75, 3.05) is 6.54 Å². The lowest BCUT2D eigenvalue weighted by atomic mass is 10.1. The van der Waals surface area contributed by atoms with Gasteiger partial charge in [-0.25, -0.2) is 4.39 Å². The van der Waals surface area contributed by atoms with Crippen LogP contribution in [0.3, 0.4) is 0 Å². The van der Waals surface area contributed by atoms with Crippen molar-refractivity contribution in [1.29, 1.82) is 0 Å². The molecule has 1 amide bonds. The molecular weight excluding hydrogens is 387 g/mol. The summed E-state index contributed by atoms with van der Waals surface area (Å²) in [4.78, 5) is 12.3. The Morgan fingerprint density at radius 3 is 2.80 bits per heavy atom. The van der Waals surface area contributed by atoms with Crippen LogP contribution in [0.15, 0.2) is 53.0 Å². The van der Waals surface area contributed by atoms with Gasteiger partial charge in [0.1, 0.15) is 12.4 Å². The Balaban J connectivity index is 1.68. The summed E-state index contributed by atoms with van der Waals surface area (Å²) in [6, 6.07) is 13.6. The minimum absolute atomic E-state index is 0.0295. The molecule has 1 aromatic heterocycles. The van der Waals surface area contributed by atoms with E-state index in [0.717, 1.165) is 21.1 Å². The molecule has 0 spiro atoms. The number of hydrogen-bond donors (Lipinski definition) is 2. The Kier molecular flexibility index (Phi) is 5.20. The predicted octanol–water partition coefficient (Wildman–Crippen LogP) is 3.70. The van der Waals surface area contributed by atoms with Crippen LogP contribution in [-0.2, 0) is 11.3 Å². The first-order chi connectivity index (χ1) is 12.0. The van der Waals surface area contributed by atoms with Crippen LogP contribution in [-0.4, -0.2) is 22.1 Å². The molecular formula is C19H18BrFN2O2. The number of para-hydroxylation sites is 1. The maximum Gasteiger partial charge on any atom is 0.240 e.